The maximum absolute atomic E-state index is 2.53. The van der Waals surface area contributed by atoms with Crippen molar-refractivity contribution in [2.45, 2.75) is 38.0 Å². The number of hydrogen-bond donors (Lipinski definition) is 0. The number of hydrogen-bond acceptors (Lipinski definition) is 2. The molecule has 2 aliphatic carbocycles. The monoisotopic (exact) mass is 1660 g/mol. The van der Waals surface area contributed by atoms with Gasteiger partial charge in [-0.3, -0.25) is 0 Å². The summed E-state index contributed by atoms with van der Waals surface area (Å²) in [6.45, 7) is 7.21. The Morgan fingerprint density at radius 1 is 0.200 bits per heavy atom. The Kier molecular flexibility index (Phi) is 18.8. The van der Waals surface area contributed by atoms with Crippen molar-refractivity contribution < 1.29 is 0 Å². The SMILES string of the molecule is CC1(C)c2ccccc2-c2c(-c3cccc(N(c4ccc5c(c4)c4ccccc4n5-c4ccc(CC5(C)c6ccccc6-c6cc(-c7ccc(N(c8ccc9c(c8)c8ccccc8n9-c8ccccc8)c8cccc(-c9ccccc9)c8-c8ccccc8-c8ccccc8)cc7)ccc65)cc4)c4cccc(-c5ccccc5)c4-c4ccccc4-c4ccccc4)c3)cccc21. The first-order valence-corrected chi connectivity index (χ1v) is 45.3. The van der Waals surface area contributed by atoms with E-state index in [0.717, 1.165) is 119 Å². The van der Waals surface area contributed by atoms with Gasteiger partial charge in [0, 0.05) is 77.6 Å². The summed E-state index contributed by atoms with van der Waals surface area (Å²) in [6, 6.07) is 178. The molecule has 1 atom stereocenters. The van der Waals surface area contributed by atoms with Crippen molar-refractivity contribution in [3.63, 3.8) is 0 Å². The number of anilines is 6. The van der Waals surface area contributed by atoms with Crippen LogP contribution in [-0.2, 0) is 17.3 Å². The summed E-state index contributed by atoms with van der Waals surface area (Å²) in [5.74, 6) is 0. The first kappa shape index (κ1) is 77.2. The van der Waals surface area contributed by atoms with E-state index in [1.807, 2.05) is 0 Å². The molecule has 0 bridgehead atoms. The smallest absolute Gasteiger partial charge is 0.0546 e. The lowest BCUT2D eigenvalue weighted by Crippen LogP contribution is -2.23. The molecule has 0 spiro atoms. The molecular formula is C126H90N4. The highest BCUT2D eigenvalue weighted by atomic mass is 15.2. The first-order chi connectivity index (χ1) is 64.1. The summed E-state index contributed by atoms with van der Waals surface area (Å²) in [4.78, 5) is 5.03. The Bertz CT molecular complexity index is 8150. The van der Waals surface area contributed by atoms with Crippen LogP contribution in [0.5, 0.6) is 0 Å². The highest BCUT2D eigenvalue weighted by molar-refractivity contribution is 6.14. The van der Waals surface area contributed by atoms with Crippen LogP contribution in [0, 0.1) is 0 Å². The van der Waals surface area contributed by atoms with E-state index in [-0.39, 0.29) is 10.8 Å². The van der Waals surface area contributed by atoms with Crippen LogP contribution >= 0.6 is 0 Å². The van der Waals surface area contributed by atoms with E-state index >= 15 is 0 Å². The zero-order valence-electron chi connectivity index (χ0n) is 72.6. The molecule has 614 valence electrons. The van der Waals surface area contributed by atoms with Crippen LogP contribution in [0.15, 0.2) is 479 Å². The van der Waals surface area contributed by atoms with Crippen molar-refractivity contribution in [3.05, 3.63) is 507 Å². The fourth-order valence-corrected chi connectivity index (χ4v) is 21.8. The second kappa shape index (κ2) is 31.6. The van der Waals surface area contributed by atoms with Gasteiger partial charge in [-0.1, -0.05) is 385 Å². The molecule has 0 N–H and O–H groups in total. The van der Waals surface area contributed by atoms with E-state index in [1.54, 1.807) is 0 Å². The summed E-state index contributed by atoms with van der Waals surface area (Å²) in [7, 11) is 0. The molecule has 24 rings (SSSR count). The van der Waals surface area contributed by atoms with Gasteiger partial charge in [0.25, 0.3) is 0 Å². The molecule has 1 unspecified atom stereocenters. The van der Waals surface area contributed by atoms with Crippen LogP contribution in [0.3, 0.4) is 0 Å². The van der Waals surface area contributed by atoms with Crippen LogP contribution in [-0.4, -0.2) is 9.13 Å². The van der Waals surface area contributed by atoms with E-state index in [1.165, 1.54) is 116 Å². The van der Waals surface area contributed by atoms with Gasteiger partial charge in [0.2, 0.25) is 0 Å². The van der Waals surface area contributed by atoms with Crippen molar-refractivity contribution in [2.75, 3.05) is 9.80 Å². The summed E-state index contributed by atoms with van der Waals surface area (Å²) in [6.07, 6.45) is 0.817. The minimum absolute atomic E-state index is 0.148. The molecule has 4 heteroatoms. The largest absolute Gasteiger partial charge is 0.310 e. The number of rotatable bonds is 18. The lowest BCUT2D eigenvalue weighted by molar-refractivity contribution is 0.583. The first-order valence-electron chi connectivity index (χ1n) is 45.3. The average molecular weight is 1660 g/mol. The van der Waals surface area contributed by atoms with Crippen molar-refractivity contribution in [1.29, 1.82) is 0 Å². The Morgan fingerprint density at radius 3 is 1.12 bits per heavy atom. The van der Waals surface area contributed by atoms with Gasteiger partial charge >= 0.3 is 0 Å². The van der Waals surface area contributed by atoms with Crippen LogP contribution < -0.4 is 9.80 Å². The second-order valence-corrected chi connectivity index (χ2v) is 35.5. The second-order valence-electron chi connectivity index (χ2n) is 35.5. The molecule has 0 fully saturated rings. The van der Waals surface area contributed by atoms with Gasteiger partial charge in [-0.15, -0.1) is 0 Å². The molecule has 0 aliphatic heterocycles. The van der Waals surface area contributed by atoms with Crippen molar-refractivity contribution in [2.24, 2.45) is 0 Å². The fraction of sp³-hybridized carbons (Fsp3) is 0.0476. The summed E-state index contributed by atoms with van der Waals surface area (Å²) in [5, 5.41) is 4.75. The van der Waals surface area contributed by atoms with Crippen LogP contribution in [0.4, 0.5) is 34.1 Å². The third-order valence-corrected chi connectivity index (χ3v) is 27.8. The molecule has 20 aromatic carbocycles. The molecule has 0 saturated heterocycles. The molecular weight excluding hydrogens is 1570 g/mol. The van der Waals surface area contributed by atoms with E-state index in [4.69, 9.17) is 0 Å². The molecule has 0 saturated carbocycles. The number of nitrogens with zero attached hydrogens (tertiary/aromatic N) is 4. The Labute approximate surface area is 759 Å². The zero-order chi connectivity index (χ0) is 86.5. The highest BCUT2D eigenvalue weighted by Gasteiger charge is 2.41. The van der Waals surface area contributed by atoms with Gasteiger partial charge in [-0.25, -0.2) is 0 Å². The highest BCUT2D eigenvalue weighted by Crippen LogP contribution is 2.57. The van der Waals surface area contributed by atoms with E-state index in [2.05, 4.69) is 519 Å². The summed E-state index contributed by atoms with van der Waals surface area (Å²) >= 11 is 0. The molecule has 130 heavy (non-hydrogen) atoms. The minimum atomic E-state index is -0.321. The lowest BCUT2D eigenvalue weighted by Gasteiger charge is -2.30. The van der Waals surface area contributed by atoms with E-state index in [9.17, 15) is 0 Å². The van der Waals surface area contributed by atoms with Gasteiger partial charge < -0.3 is 18.9 Å². The van der Waals surface area contributed by atoms with Crippen LogP contribution in [0.25, 0.3) is 166 Å². The van der Waals surface area contributed by atoms with Crippen molar-refractivity contribution in [1.82, 2.24) is 9.13 Å². The maximum Gasteiger partial charge on any atom is 0.0546 e. The van der Waals surface area contributed by atoms with Gasteiger partial charge in [0.15, 0.2) is 0 Å². The maximum atomic E-state index is 2.53. The third-order valence-electron chi connectivity index (χ3n) is 27.8. The Morgan fingerprint density at radius 2 is 0.569 bits per heavy atom. The predicted molar refractivity (Wildman–Crippen MR) is 548 cm³/mol. The molecule has 0 amide bonds. The molecule has 2 aliphatic rings. The molecule has 0 radical (unpaired) electrons. The van der Waals surface area contributed by atoms with Crippen molar-refractivity contribution in [3.8, 4) is 123 Å². The fourth-order valence-electron chi connectivity index (χ4n) is 21.8. The van der Waals surface area contributed by atoms with Crippen LogP contribution in [0.1, 0.15) is 48.6 Å². The molecule has 4 nitrogen and oxygen atoms in total. The van der Waals surface area contributed by atoms with E-state index in [0.29, 0.717) is 0 Å². The number of para-hydroxylation sites is 3. The topological polar surface area (TPSA) is 16.3 Å². The van der Waals surface area contributed by atoms with Crippen molar-refractivity contribution >= 4 is 77.7 Å². The normalized spacial score (nSPS) is 13.5. The summed E-state index contributed by atoms with van der Waals surface area (Å²) < 4.78 is 4.88. The van der Waals surface area contributed by atoms with Gasteiger partial charge in [-0.05, 0) is 250 Å². The molecule has 2 aromatic heterocycles. The summed E-state index contributed by atoms with van der Waals surface area (Å²) in [5.41, 5.74) is 43.3. The average Bonchev–Trinajstić information content (AvgIpc) is 1.58. The van der Waals surface area contributed by atoms with Gasteiger partial charge in [0.05, 0.1) is 33.4 Å². The lowest BCUT2D eigenvalue weighted by atomic mass is 9.75. The van der Waals surface area contributed by atoms with Gasteiger partial charge in [-0.2, -0.15) is 0 Å². The molecule has 2 heterocycles. The predicted octanol–water partition coefficient (Wildman–Crippen LogP) is 34.0. The van der Waals surface area contributed by atoms with E-state index < -0.39 is 0 Å². The van der Waals surface area contributed by atoms with Gasteiger partial charge in [0.1, 0.15) is 0 Å². The quantitative estimate of drug-likeness (QED) is 0.0851. The van der Waals surface area contributed by atoms with Crippen LogP contribution in [0.2, 0.25) is 0 Å². The Hall–Kier alpha value is -16.4. The minimum Gasteiger partial charge on any atom is -0.310 e. The molecule has 22 aromatic rings. The number of fused-ring (bicyclic) bond motifs is 12. The third kappa shape index (κ3) is 12.9. The Balaban J connectivity index is 0.596. The number of benzene rings is 20. The standard InChI is InChI=1S/C126H90N4/c1-125(2)112-58-27-24-54-108(112)122-102(55-32-60-115(122)125)91-43-31-46-95(79-91)128(121-64-34-57-101(89-41-15-7-16-42-89)124(121)107-53-22-20-48-99(107)87-37-11-5-12-38-87)97-75-78-119-111(82-97)105-51-26-30-62-117(105)130(119)94-70-65-84(66-71-94)83-126(3)113-59-28-23-49-103(113)109-80-90(69-76-114(109)126)85-67-72-93(73-68-85)127(96-74-77-118-110(81-96)104-50-25-29-61-116(104)129(118)92-44-17-8-18-45-92)120-63-33-56-100(88-39-13-6-14-40-88)123(120)106-52-21-19-47-98(106)86-35-9-4-10-36-86/h4-82H,83H2,1-3H3. The number of aromatic nitrogens is 2. The zero-order valence-corrected chi connectivity index (χ0v) is 72.6.